The first-order valence-corrected chi connectivity index (χ1v) is 8.02. The summed E-state index contributed by atoms with van der Waals surface area (Å²) in [5, 5.41) is 6.07. The number of carbonyl (C=O) groups is 1. The molecule has 110 valence electrons. The lowest BCUT2D eigenvalue weighted by Crippen LogP contribution is -2.30. The molecule has 4 nitrogen and oxygen atoms in total. The highest BCUT2D eigenvalue weighted by Gasteiger charge is 2.10. The van der Waals surface area contributed by atoms with Crippen LogP contribution in [0.5, 0.6) is 0 Å². The Hall–Kier alpha value is -0.910. The summed E-state index contributed by atoms with van der Waals surface area (Å²) in [6.45, 7) is 4.88. The lowest BCUT2D eigenvalue weighted by atomic mass is 10.3. The lowest BCUT2D eigenvalue weighted by Gasteiger charge is -2.14. The van der Waals surface area contributed by atoms with Crippen molar-refractivity contribution >= 4 is 27.5 Å². The Morgan fingerprint density at radius 2 is 2.10 bits per heavy atom. The first kappa shape index (κ1) is 15.5. The molecule has 1 amide bonds. The van der Waals surface area contributed by atoms with Gasteiger partial charge in [0.25, 0.3) is 0 Å². The van der Waals surface area contributed by atoms with E-state index in [9.17, 15) is 4.79 Å². The van der Waals surface area contributed by atoms with E-state index in [1.54, 1.807) is 0 Å². The smallest absolute Gasteiger partial charge is 0.238 e. The summed E-state index contributed by atoms with van der Waals surface area (Å²) in [4.78, 5) is 14.2. The third kappa shape index (κ3) is 5.61. The summed E-state index contributed by atoms with van der Waals surface area (Å²) >= 11 is 3.39. The largest absolute Gasteiger partial charge is 0.325 e. The van der Waals surface area contributed by atoms with Crippen molar-refractivity contribution in [1.29, 1.82) is 0 Å². The second-order valence-corrected chi connectivity index (χ2v) is 6.05. The zero-order chi connectivity index (χ0) is 14.2. The van der Waals surface area contributed by atoms with E-state index in [0.717, 1.165) is 29.7 Å². The number of likely N-dealkylation sites (tertiary alicyclic amines) is 1. The summed E-state index contributed by atoms with van der Waals surface area (Å²) in [5.74, 6) is 0.00396. The minimum Gasteiger partial charge on any atom is -0.325 e. The van der Waals surface area contributed by atoms with Crippen LogP contribution in [0.2, 0.25) is 0 Å². The minimum atomic E-state index is 0.00396. The van der Waals surface area contributed by atoms with Crippen LogP contribution in [-0.4, -0.2) is 43.5 Å². The van der Waals surface area contributed by atoms with E-state index in [0.29, 0.717) is 6.54 Å². The summed E-state index contributed by atoms with van der Waals surface area (Å²) < 4.78 is 0.967. The molecule has 1 aliphatic rings. The highest BCUT2D eigenvalue weighted by Crippen LogP contribution is 2.15. The maximum Gasteiger partial charge on any atom is 0.238 e. The molecule has 0 aromatic heterocycles. The monoisotopic (exact) mass is 339 g/mol. The molecule has 0 unspecified atom stereocenters. The van der Waals surface area contributed by atoms with Gasteiger partial charge in [0.1, 0.15) is 0 Å². The zero-order valence-electron chi connectivity index (χ0n) is 11.7. The predicted molar refractivity (Wildman–Crippen MR) is 85.9 cm³/mol. The molecule has 0 aliphatic carbocycles. The fourth-order valence-electron chi connectivity index (χ4n) is 2.41. The van der Waals surface area contributed by atoms with Crippen molar-refractivity contribution in [3.8, 4) is 0 Å². The predicted octanol–water partition coefficient (Wildman–Crippen LogP) is 2.46. The van der Waals surface area contributed by atoms with E-state index >= 15 is 0 Å². The van der Waals surface area contributed by atoms with Crippen LogP contribution in [0.1, 0.15) is 19.3 Å². The number of benzene rings is 1. The molecule has 1 aliphatic heterocycles. The van der Waals surface area contributed by atoms with E-state index in [1.807, 2.05) is 24.3 Å². The molecule has 2 rings (SSSR count). The summed E-state index contributed by atoms with van der Waals surface area (Å²) in [6, 6.07) is 7.62. The summed E-state index contributed by atoms with van der Waals surface area (Å²) in [5.41, 5.74) is 0.822. The first-order chi connectivity index (χ1) is 9.74. The van der Waals surface area contributed by atoms with E-state index in [4.69, 9.17) is 0 Å². The second kappa shape index (κ2) is 8.39. The van der Waals surface area contributed by atoms with Gasteiger partial charge >= 0.3 is 0 Å². The SMILES string of the molecule is O=C(CNCCCN1CCCC1)Nc1cccc(Br)c1. The molecule has 1 heterocycles. The number of amides is 1. The van der Waals surface area contributed by atoms with Crippen LogP contribution < -0.4 is 10.6 Å². The molecular weight excluding hydrogens is 318 g/mol. The molecule has 0 bridgehead atoms. The molecule has 5 heteroatoms. The molecule has 1 aromatic rings. The number of nitrogens with one attached hydrogen (secondary N) is 2. The fraction of sp³-hybridized carbons (Fsp3) is 0.533. The van der Waals surface area contributed by atoms with Gasteiger partial charge in [-0.05, 0) is 63.6 Å². The Morgan fingerprint density at radius 1 is 1.30 bits per heavy atom. The van der Waals surface area contributed by atoms with Crippen molar-refractivity contribution in [3.63, 3.8) is 0 Å². The van der Waals surface area contributed by atoms with Gasteiger partial charge in [0.05, 0.1) is 6.54 Å². The minimum absolute atomic E-state index is 0.00396. The fourth-order valence-corrected chi connectivity index (χ4v) is 2.81. The Bertz CT molecular complexity index is 433. The molecule has 0 radical (unpaired) electrons. The number of rotatable bonds is 7. The van der Waals surface area contributed by atoms with Gasteiger partial charge in [0.2, 0.25) is 5.91 Å². The van der Waals surface area contributed by atoms with Gasteiger partial charge in [-0.3, -0.25) is 4.79 Å². The van der Waals surface area contributed by atoms with Crippen molar-refractivity contribution in [2.45, 2.75) is 19.3 Å². The third-order valence-electron chi connectivity index (χ3n) is 3.42. The first-order valence-electron chi connectivity index (χ1n) is 7.22. The van der Waals surface area contributed by atoms with Crippen molar-refractivity contribution in [1.82, 2.24) is 10.2 Å². The van der Waals surface area contributed by atoms with E-state index in [-0.39, 0.29) is 5.91 Å². The number of nitrogens with zero attached hydrogens (tertiary/aromatic N) is 1. The number of anilines is 1. The molecular formula is C15H22BrN3O. The van der Waals surface area contributed by atoms with Crippen molar-refractivity contribution in [3.05, 3.63) is 28.7 Å². The highest BCUT2D eigenvalue weighted by molar-refractivity contribution is 9.10. The van der Waals surface area contributed by atoms with Crippen molar-refractivity contribution in [2.24, 2.45) is 0 Å². The van der Waals surface area contributed by atoms with Crippen LogP contribution in [0.15, 0.2) is 28.7 Å². The topological polar surface area (TPSA) is 44.4 Å². The van der Waals surface area contributed by atoms with E-state index < -0.39 is 0 Å². The molecule has 0 spiro atoms. The van der Waals surface area contributed by atoms with Crippen molar-refractivity contribution in [2.75, 3.05) is 38.0 Å². The number of halogens is 1. The Morgan fingerprint density at radius 3 is 2.85 bits per heavy atom. The van der Waals surface area contributed by atoms with Crippen LogP contribution in [0, 0.1) is 0 Å². The van der Waals surface area contributed by atoms with Crippen LogP contribution in [0.3, 0.4) is 0 Å². The van der Waals surface area contributed by atoms with Gasteiger partial charge in [-0.1, -0.05) is 22.0 Å². The van der Waals surface area contributed by atoms with Gasteiger partial charge in [-0.2, -0.15) is 0 Å². The Kier molecular flexibility index (Phi) is 6.50. The quantitative estimate of drug-likeness (QED) is 0.750. The van der Waals surface area contributed by atoms with Gasteiger partial charge in [-0.15, -0.1) is 0 Å². The van der Waals surface area contributed by atoms with Gasteiger partial charge in [0, 0.05) is 10.2 Å². The van der Waals surface area contributed by atoms with Gasteiger partial charge in [-0.25, -0.2) is 0 Å². The maximum absolute atomic E-state index is 11.7. The van der Waals surface area contributed by atoms with E-state index in [1.165, 1.54) is 25.9 Å². The van der Waals surface area contributed by atoms with Crippen molar-refractivity contribution < 1.29 is 4.79 Å². The molecule has 1 aromatic carbocycles. The van der Waals surface area contributed by atoms with Crippen LogP contribution in [0.25, 0.3) is 0 Å². The molecule has 1 saturated heterocycles. The lowest BCUT2D eigenvalue weighted by molar-refractivity contribution is -0.115. The zero-order valence-corrected chi connectivity index (χ0v) is 13.3. The van der Waals surface area contributed by atoms with E-state index in [2.05, 4.69) is 31.5 Å². The standard InChI is InChI=1S/C15H22BrN3O/c16-13-5-3-6-14(11-13)18-15(20)12-17-7-4-10-19-8-1-2-9-19/h3,5-6,11,17H,1-2,4,7-10,12H2,(H,18,20). The highest BCUT2D eigenvalue weighted by atomic mass is 79.9. The summed E-state index contributed by atoms with van der Waals surface area (Å²) in [7, 11) is 0. The summed E-state index contributed by atoms with van der Waals surface area (Å²) in [6.07, 6.45) is 3.77. The molecule has 1 fully saturated rings. The van der Waals surface area contributed by atoms with Crippen LogP contribution >= 0.6 is 15.9 Å². The molecule has 2 N–H and O–H groups in total. The van der Waals surface area contributed by atoms with Crippen LogP contribution in [0.4, 0.5) is 5.69 Å². The molecule has 20 heavy (non-hydrogen) atoms. The van der Waals surface area contributed by atoms with Gasteiger partial charge < -0.3 is 15.5 Å². The number of hydrogen-bond acceptors (Lipinski definition) is 3. The Balaban J connectivity index is 1.55. The van der Waals surface area contributed by atoms with Gasteiger partial charge in [0.15, 0.2) is 0 Å². The normalized spacial score (nSPS) is 15.4. The average Bonchev–Trinajstić information content (AvgIpc) is 2.91. The molecule has 0 atom stereocenters. The third-order valence-corrected chi connectivity index (χ3v) is 3.91. The number of hydrogen-bond donors (Lipinski definition) is 2. The second-order valence-electron chi connectivity index (χ2n) is 5.14. The Labute approximate surface area is 129 Å². The average molecular weight is 340 g/mol. The van der Waals surface area contributed by atoms with Crippen LogP contribution in [-0.2, 0) is 4.79 Å². The molecule has 0 saturated carbocycles. The maximum atomic E-state index is 11.7. The number of carbonyl (C=O) groups excluding carboxylic acids is 1.